The summed E-state index contributed by atoms with van der Waals surface area (Å²) < 4.78 is 0. The molecule has 3 fully saturated rings. The van der Waals surface area contributed by atoms with Crippen LogP contribution in [-0.4, -0.2) is 47.1 Å². The number of rotatable bonds is 2. The van der Waals surface area contributed by atoms with Crippen molar-refractivity contribution in [2.24, 2.45) is 11.8 Å². The largest absolute Gasteiger partial charge is 0.480 e. The minimum absolute atomic E-state index is 0.0219. The molecule has 1 amide bonds. The Bertz CT molecular complexity index is 391. The number of carbonyl (C=O) groups is 2. The summed E-state index contributed by atoms with van der Waals surface area (Å²) in [5, 5.41) is 12.8. The van der Waals surface area contributed by atoms with E-state index in [1.807, 2.05) is 0 Å². The lowest BCUT2D eigenvalue weighted by Crippen LogP contribution is -2.51. The van der Waals surface area contributed by atoms with E-state index in [-0.39, 0.29) is 17.9 Å². The molecule has 20 heavy (non-hydrogen) atoms. The van der Waals surface area contributed by atoms with Gasteiger partial charge in [-0.3, -0.25) is 4.79 Å². The predicted molar refractivity (Wildman–Crippen MR) is 74.2 cm³/mol. The van der Waals surface area contributed by atoms with Crippen LogP contribution in [0, 0.1) is 11.8 Å². The lowest BCUT2D eigenvalue weighted by Gasteiger charge is -2.28. The molecule has 2 N–H and O–H groups in total. The summed E-state index contributed by atoms with van der Waals surface area (Å²) >= 11 is 0. The molecule has 0 radical (unpaired) electrons. The van der Waals surface area contributed by atoms with Gasteiger partial charge in [-0.25, -0.2) is 4.79 Å². The van der Waals surface area contributed by atoms with Crippen molar-refractivity contribution in [2.75, 3.05) is 13.1 Å². The molecule has 0 aromatic carbocycles. The zero-order valence-electron chi connectivity index (χ0n) is 11.9. The van der Waals surface area contributed by atoms with E-state index in [1.54, 1.807) is 4.90 Å². The lowest BCUT2D eigenvalue weighted by atomic mass is 9.94. The Hall–Kier alpha value is -1.10. The highest BCUT2D eigenvalue weighted by molar-refractivity contribution is 5.88. The fourth-order valence-electron chi connectivity index (χ4n) is 4.29. The average molecular weight is 280 g/mol. The van der Waals surface area contributed by atoms with Gasteiger partial charge in [-0.1, -0.05) is 19.3 Å². The minimum Gasteiger partial charge on any atom is -0.480 e. The molecule has 2 heterocycles. The Morgan fingerprint density at radius 3 is 2.70 bits per heavy atom. The van der Waals surface area contributed by atoms with Gasteiger partial charge in [-0.15, -0.1) is 0 Å². The fraction of sp³-hybridized carbons (Fsp3) is 0.867. The highest BCUT2D eigenvalue weighted by Gasteiger charge is 2.50. The van der Waals surface area contributed by atoms with Crippen LogP contribution in [0.4, 0.5) is 0 Å². The number of carboxylic acids is 1. The first kappa shape index (κ1) is 13.9. The maximum absolute atomic E-state index is 12.7. The van der Waals surface area contributed by atoms with Crippen LogP contribution in [-0.2, 0) is 9.59 Å². The van der Waals surface area contributed by atoms with E-state index in [0.29, 0.717) is 12.5 Å². The third-order valence-corrected chi connectivity index (χ3v) is 5.28. The van der Waals surface area contributed by atoms with Crippen molar-refractivity contribution < 1.29 is 14.7 Å². The second kappa shape index (κ2) is 5.72. The standard InChI is InChI=1S/C15H24N2O3/c18-14(12-7-2-1-3-8-16-12)17-9-10-5-4-6-11(10)13(17)15(19)20/h10-13,16H,1-9H2,(H,19,20). The Morgan fingerprint density at radius 2 is 1.90 bits per heavy atom. The molecule has 0 aromatic heterocycles. The number of carbonyl (C=O) groups excluding carboxylic acids is 1. The van der Waals surface area contributed by atoms with Gasteiger partial charge < -0.3 is 15.3 Å². The number of nitrogens with one attached hydrogen (secondary N) is 1. The summed E-state index contributed by atoms with van der Waals surface area (Å²) in [6.45, 7) is 1.52. The SMILES string of the molecule is O=C(O)C1C2CCCC2CN1C(=O)C1CCCCCN1. The second-order valence-corrected chi connectivity index (χ2v) is 6.48. The first-order chi connectivity index (χ1) is 9.68. The van der Waals surface area contributed by atoms with Crippen LogP contribution >= 0.6 is 0 Å². The fourth-order valence-corrected chi connectivity index (χ4v) is 4.29. The maximum atomic E-state index is 12.7. The molecule has 4 atom stereocenters. The number of amides is 1. The third kappa shape index (κ3) is 2.43. The molecular formula is C15H24N2O3. The third-order valence-electron chi connectivity index (χ3n) is 5.28. The van der Waals surface area contributed by atoms with Crippen molar-refractivity contribution in [1.29, 1.82) is 0 Å². The van der Waals surface area contributed by atoms with Gasteiger partial charge in [0.1, 0.15) is 6.04 Å². The first-order valence-corrected chi connectivity index (χ1v) is 7.95. The van der Waals surface area contributed by atoms with Gasteiger partial charge in [0.05, 0.1) is 6.04 Å². The summed E-state index contributed by atoms with van der Waals surface area (Å²) in [5.74, 6) is -0.205. The van der Waals surface area contributed by atoms with E-state index in [2.05, 4.69) is 5.32 Å². The molecule has 0 aromatic rings. The molecule has 5 heteroatoms. The van der Waals surface area contributed by atoms with E-state index in [9.17, 15) is 14.7 Å². The smallest absolute Gasteiger partial charge is 0.326 e. The topological polar surface area (TPSA) is 69.6 Å². The number of fused-ring (bicyclic) bond motifs is 1. The Balaban J connectivity index is 1.74. The van der Waals surface area contributed by atoms with Crippen LogP contribution in [0.15, 0.2) is 0 Å². The Kier molecular flexibility index (Phi) is 3.96. The van der Waals surface area contributed by atoms with Crippen LogP contribution in [0.25, 0.3) is 0 Å². The molecule has 2 aliphatic heterocycles. The molecule has 1 saturated carbocycles. The zero-order valence-corrected chi connectivity index (χ0v) is 11.9. The monoisotopic (exact) mass is 280 g/mol. The van der Waals surface area contributed by atoms with Gasteiger partial charge in [0.15, 0.2) is 0 Å². The summed E-state index contributed by atoms with van der Waals surface area (Å²) in [4.78, 5) is 26.0. The molecule has 1 aliphatic carbocycles. The van der Waals surface area contributed by atoms with Gasteiger partial charge in [0, 0.05) is 6.54 Å². The molecule has 3 rings (SSSR count). The summed E-state index contributed by atoms with van der Waals surface area (Å²) in [7, 11) is 0. The van der Waals surface area contributed by atoms with Crippen LogP contribution < -0.4 is 5.32 Å². The molecular weight excluding hydrogens is 256 g/mol. The zero-order chi connectivity index (χ0) is 14.1. The van der Waals surface area contributed by atoms with E-state index in [0.717, 1.165) is 51.5 Å². The molecule has 2 saturated heterocycles. The molecule has 5 nitrogen and oxygen atoms in total. The normalized spacial score (nSPS) is 37.5. The van der Waals surface area contributed by atoms with E-state index < -0.39 is 12.0 Å². The Morgan fingerprint density at radius 1 is 1.05 bits per heavy atom. The van der Waals surface area contributed by atoms with Crippen LogP contribution in [0.5, 0.6) is 0 Å². The number of carboxylic acid groups (broad SMARTS) is 1. The number of likely N-dealkylation sites (tertiary alicyclic amines) is 1. The van der Waals surface area contributed by atoms with Crippen molar-refractivity contribution in [2.45, 2.75) is 57.0 Å². The van der Waals surface area contributed by atoms with Crippen molar-refractivity contribution >= 4 is 11.9 Å². The average Bonchev–Trinajstić information content (AvgIpc) is 2.88. The van der Waals surface area contributed by atoms with E-state index >= 15 is 0 Å². The quantitative estimate of drug-likeness (QED) is 0.798. The predicted octanol–water partition coefficient (Wildman–Crippen LogP) is 1.23. The lowest BCUT2D eigenvalue weighted by molar-refractivity contribution is -0.150. The summed E-state index contributed by atoms with van der Waals surface area (Å²) in [6.07, 6.45) is 7.32. The molecule has 112 valence electrons. The van der Waals surface area contributed by atoms with Gasteiger partial charge in [-0.2, -0.15) is 0 Å². The van der Waals surface area contributed by atoms with Crippen LogP contribution in [0.2, 0.25) is 0 Å². The second-order valence-electron chi connectivity index (χ2n) is 6.48. The van der Waals surface area contributed by atoms with Gasteiger partial charge in [-0.05, 0) is 44.1 Å². The van der Waals surface area contributed by atoms with Crippen molar-refractivity contribution in [3.63, 3.8) is 0 Å². The van der Waals surface area contributed by atoms with Gasteiger partial charge in [0.25, 0.3) is 0 Å². The van der Waals surface area contributed by atoms with Gasteiger partial charge in [0.2, 0.25) is 5.91 Å². The molecule has 0 bridgehead atoms. The minimum atomic E-state index is -0.818. The number of hydrogen-bond donors (Lipinski definition) is 2. The van der Waals surface area contributed by atoms with E-state index in [1.165, 1.54) is 0 Å². The molecule has 3 aliphatic rings. The van der Waals surface area contributed by atoms with E-state index in [4.69, 9.17) is 0 Å². The number of hydrogen-bond acceptors (Lipinski definition) is 3. The first-order valence-electron chi connectivity index (χ1n) is 7.95. The highest BCUT2D eigenvalue weighted by atomic mass is 16.4. The number of aliphatic carboxylic acids is 1. The van der Waals surface area contributed by atoms with Crippen LogP contribution in [0.1, 0.15) is 44.9 Å². The summed E-state index contributed by atoms with van der Waals surface area (Å²) in [6, 6.07) is -0.752. The molecule has 4 unspecified atom stereocenters. The maximum Gasteiger partial charge on any atom is 0.326 e. The molecule has 0 spiro atoms. The Labute approximate surface area is 119 Å². The highest BCUT2D eigenvalue weighted by Crippen LogP contribution is 2.42. The summed E-state index contributed by atoms with van der Waals surface area (Å²) in [5.41, 5.74) is 0. The van der Waals surface area contributed by atoms with Crippen molar-refractivity contribution in [3.8, 4) is 0 Å². The number of nitrogens with zero attached hydrogens (tertiary/aromatic N) is 1. The van der Waals surface area contributed by atoms with Crippen molar-refractivity contribution in [1.82, 2.24) is 10.2 Å². The van der Waals surface area contributed by atoms with Crippen molar-refractivity contribution in [3.05, 3.63) is 0 Å². The van der Waals surface area contributed by atoms with Crippen LogP contribution in [0.3, 0.4) is 0 Å². The van der Waals surface area contributed by atoms with Gasteiger partial charge >= 0.3 is 5.97 Å².